The summed E-state index contributed by atoms with van der Waals surface area (Å²) in [7, 11) is 1.71. The van der Waals surface area contributed by atoms with Crippen LogP contribution in [0.4, 0.5) is 0 Å². The van der Waals surface area contributed by atoms with Crippen LogP contribution in [0.2, 0.25) is 0 Å². The van der Waals surface area contributed by atoms with E-state index in [1.165, 1.54) is 5.56 Å². The third-order valence-corrected chi connectivity index (χ3v) is 3.77. The van der Waals surface area contributed by atoms with Gasteiger partial charge in [-0.15, -0.1) is 24.0 Å². The van der Waals surface area contributed by atoms with E-state index < -0.39 is 0 Å². The molecule has 26 heavy (non-hydrogen) atoms. The molecular formula is C19H33IN4O2. The number of halogens is 1. The first kappa shape index (κ1) is 24.5. The molecule has 1 rings (SSSR count). The largest absolute Gasteiger partial charge is 0.489 e. The van der Waals surface area contributed by atoms with Crippen LogP contribution >= 0.6 is 24.0 Å². The number of carbonyl (C=O) groups excluding carboxylic acids is 1. The average molecular weight is 476 g/mol. The lowest BCUT2D eigenvalue weighted by molar-refractivity contribution is -0.121. The third kappa shape index (κ3) is 10.5. The number of benzene rings is 1. The van der Waals surface area contributed by atoms with Gasteiger partial charge in [-0.25, -0.2) is 0 Å². The van der Waals surface area contributed by atoms with Crippen molar-refractivity contribution in [3.63, 3.8) is 0 Å². The van der Waals surface area contributed by atoms with Gasteiger partial charge >= 0.3 is 0 Å². The first-order valence-corrected chi connectivity index (χ1v) is 8.91. The molecule has 2 unspecified atom stereocenters. The van der Waals surface area contributed by atoms with Crippen molar-refractivity contribution in [2.24, 2.45) is 4.99 Å². The van der Waals surface area contributed by atoms with Crippen molar-refractivity contribution < 1.29 is 9.53 Å². The zero-order chi connectivity index (χ0) is 18.7. The molecule has 0 aliphatic heterocycles. The molecule has 0 bridgehead atoms. The molecular weight excluding hydrogens is 443 g/mol. The Morgan fingerprint density at radius 2 is 2.00 bits per heavy atom. The Balaban J connectivity index is 0.00000625. The highest BCUT2D eigenvalue weighted by Gasteiger charge is 2.08. The van der Waals surface area contributed by atoms with Crippen LogP contribution in [-0.4, -0.2) is 44.1 Å². The minimum absolute atomic E-state index is 0. The summed E-state index contributed by atoms with van der Waals surface area (Å²) in [6, 6.07) is 8.20. The highest BCUT2D eigenvalue weighted by atomic mass is 127. The van der Waals surface area contributed by atoms with Gasteiger partial charge in [-0.3, -0.25) is 9.79 Å². The van der Waals surface area contributed by atoms with E-state index in [0.717, 1.165) is 12.2 Å². The summed E-state index contributed by atoms with van der Waals surface area (Å²) in [5.41, 5.74) is 1.17. The van der Waals surface area contributed by atoms with Crippen molar-refractivity contribution in [1.82, 2.24) is 16.0 Å². The lowest BCUT2D eigenvalue weighted by Crippen LogP contribution is -2.43. The predicted octanol–water partition coefficient (Wildman–Crippen LogP) is 2.85. The molecule has 2 atom stereocenters. The summed E-state index contributed by atoms with van der Waals surface area (Å²) >= 11 is 0. The maximum absolute atomic E-state index is 11.7. The molecule has 1 aromatic rings. The van der Waals surface area contributed by atoms with E-state index in [1.807, 2.05) is 45.0 Å². The first-order valence-electron chi connectivity index (χ1n) is 8.91. The Labute approximate surface area is 174 Å². The van der Waals surface area contributed by atoms with E-state index in [2.05, 4.69) is 27.9 Å². The molecule has 3 N–H and O–H groups in total. The van der Waals surface area contributed by atoms with E-state index >= 15 is 0 Å². The number of aryl methyl sites for hydroxylation is 1. The van der Waals surface area contributed by atoms with Crippen molar-refractivity contribution in [3.05, 3.63) is 29.8 Å². The van der Waals surface area contributed by atoms with Crippen LogP contribution in [0.25, 0.3) is 0 Å². The van der Waals surface area contributed by atoms with Crippen molar-refractivity contribution >= 4 is 35.8 Å². The summed E-state index contributed by atoms with van der Waals surface area (Å²) in [4.78, 5) is 15.9. The molecule has 0 aromatic heterocycles. The number of guanidine groups is 1. The third-order valence-electron chi connectivity index (χ3n) is 3.77. The Morgan fingerprint density at radius 3 is 2.62 bits per heavy atom. The monoisotopic (exact) mass is 476 g/mol. The maximum atomic E-state index is 11.7. The Bertz CT molecular complexity index is 566. The van der Waals surface area contributed by atoms with Gasteiger partial charge < -0.3 is 20.7 Å². The zero-order valence-corrected chi connectivity index (χ0v) is 18.8. The predicted molar refractivity (Wildman–Crippen MR) is 119 cm³/mol. The summed E-state index contributed by atoms with van der Waals surface area (Å²) in [6.07, 6.45) is 1.34. The number of amides is 1. The number of carbonyl (C=O) groups is 1. The van der Waals surface area contributed by atoms with Crippen LogP contribution in [-0.2, 0) is 4.79 Å². The van der Waals surface area contributed by atoms with Crippen molar-refractivity contribution in [2.75, 3.05) is 20.1 Å². The van der Waals surface area contributed by atoms with Crippen LogP contribution < -0.4 is 20.7 Å². The van der Waals surface area contributed by atoms with Crippen LogP contribution in [0.1, 0.15) is 39.2 Å². The van der Waals surface area contributed by atoms with Gasteiger partial charge in [0.15, 0.2) is 5.96 Å². The van der Waals surface area contributed by atoms with E-state index in [4.69, 9.17) is 4.74 Å². The molecule has 0 radical (unpaired) electrons. The number of aliphatic imine (C=N–C) groups is 1. The van der Waals surface area contributed by atoms with Crippen LogP contribution in [0.3, 0.4) is 0 Å². The summed E-state index contributed by atoms with van der Waals surface area (Å²) < 4.78 is 5.88. The van der Waals surface area contributed by atoms with E-state index in [-0.39, 0.29) is 42.0 Å². The van der Waals surface area contributed by atoms with Gasteiger partial charge in [-0.2, -0.15) is 0 Å². The summed E-state index contributed by atoms with van der Waals surface area (Å²) in [6.45, 7) is 9.25. The minimum atomic E-state index is -0.00551. The summed E-state index contributed by atoms with van der Waals surface area (Å²) in [5, 5.41) is 9.30. The van der Waals surface area contributed by atoms with Gasteiger partial charge in [0.25, 0.3) is 0 Å². The second-order valence-corrected chi connectivity index (χ2v) is 6.25. The van der Waals surface area contributed by atoms with Crippen LogP contribution in [0.15, 0.2) is 29.3 Å². The van der Waals surface area contributed by atoms with E-state index in [9.17, 15) is 4.79 Å². The lowest BCUT2D eigenvalue weighted by atomic mass is 10.2. The molecule has 7 heteroatoms. The number of hydrogen-bond donors (Lipinski definition) is 3. The standard InChI is InChI=1S/C19H32N4O2.HI/c1-6-15(3)23-18(24)10-11-21-19(20-5)22-13-16(4)25-17-9-7-8-14(2)12-17;/h7-9,12,15-16H,6,10-11,13H2,1-5H3,(H,23,24)(H2,20,21,22);1H. The van der Waals surface area contributed by atoms with Gasteiger partial charge in [-0.05, 0) is 44.9 Å². The number of hydrogen-bond acceptors (Lipinski definition) is 3. The fraction of sp³-hybridized carbons (Fsp3) is 0.579. The second-order valence-electron chi connectivity index (χ2n) is 6.25. The molecule has 0 spiro atoms. The lowest BCUT2D eigenvalue weighted by Gasteiger charge is -2.18. The second kappa shape index (κ2) is 13.7. The SMILES string of the molecule is CCC(C)NC(=O)CCNC(=NC)NCC(C)Oc1cccc(C)c1.I. The number of ether oxygens (including phenoxy) is 1. The molecule has 0 saturated carbocycles. The topological polar surface area (TPSA) is 74.8 Å². The summed E-state index contributed by atoms with van der Waals surface area (Å²) in [5.74, 6) is 1.57. The molecule has 0 aliphatic carbocycles. The normalized spacial score (nSPS) is 13.2. The van der Waals surface area contributed by atoms with E-state index in [1.54, 1.807) is 7.05 Å². The van der Waals surface area contributed by atoms with Crippen molar-refractivity contribution in [1.29, 1.82) is 0 Å². The maximum Gasteiger partial charge on any atom is 0.221 e. The fourth-order valence-electron chi connectivity index (χ4n) is 2.17. The fourth-order valence-corrected chi connectivity index (χ4v) is 2.17. The first-order chi connectivity index (χ1) is 11.9. The Hall–Kier alpha value is -1.51. The smallest absolute Gasteiger partial charge is 0.221 e. The van der Waals surface area contributed by atoms with Gasteiger partial charge in [0.1, 0.15) is 11.9 Å². The molecule has 0 fully saturated rings. The number of rotatable bonds is 9. The molecule has 0 aliphatic rings. The molecule has 6 nitrogen and oxygen atoms in total. The van der Waals surface area contributed by atoms with E-state index in [0.29, 0.717) is 25.5 Å². The van der Waals surface area contributed by atoms with Gasteiger partial charge in [0, 0.05) is 26.1 Å². The van der Waals surface area contributed by atoms with Gasteiger partial charge in [0.05, 0.1) is 6.54 Å². The quantitative estimate of drug-likeness (QED) is 0.291. The van der Waals surface area contributed by atoms with Gasteiger partial charge in [0.2, 0.25) is 5.91 Å². The molecule has 148 valence electrons. The van der Waals surface area contributed by atoms with Crippen molar-refractivity contribution in [3.8, 4) is 5.75 Å². The number of nitrogens with zero attached hydrogens (tertiary/aromatic N) is 1. The molecule has 0 saturated heterocycles. The Kier molecular flexibility index (Phi) is 12.9. The van der Waals surface area contributed by atoms with Crippen LogP contribution in [0, 0.1) is 6.92 Å². The van der Waals surface area contributed by atoms with Crippen LogP contribution in [0.5, 0.6) is 5.75 Å². The molecule has 1 amide bonds. The highest BCUT2D eigenvalue weighted by Crippen LogP contribution is 2.13. The zero-order valence-electron chi connectivity index (χ0n) is 16.5. The molecule has 0 heterocycles. The number of nitrogens with one attached hydrogen (secondary N) is 3. The highest BCUT2D eigenvalue weighted by molar-refractivity contribution is 14.0. The minimum Gasteiger partial charge on any atom is -0.489 e. The van der Waals surface area contributed by atoms with Gasteiger partial charge in [-0.1, -0.05) is 19.1 Å². The van der Waals surface area contributed by atoms with Crippen molar-refractivity contribution in [2.45, 2.75) is 52.7 Å². The Morgan fingerprint density at radius 1 is 1.27 bits per heavy atom. The molecule has 1 aromatic carbocycles. The average Bonchev–Trinajstić information content (AvgIpc) is 2.57.